The summed E-state index contributed by atoms with van der Waals surface area (Å²) in [6.07, 6.45) is 0. The smallest absolute Gasteiger partial charge is 0.337 e. The minimum atomic E-state index is -0.684. The number of ether oxygens (including phenoxy) is 3. The van der Waals surface area contributed by atoms with E-state index in [1.165, 1.54) is 19.1 Å². The minimum Gasteiger partial charge on any atom is -0.497 e. The zero-order valence-corrected chi connectivity index (χ0v) is 13.8. The van der Waals surface area contributed by atoms with Crippen LogP contribution in [-0.2, 0) is 9.53 Å². The first-order valence-electron chi connectivity index (χ1n) is 6.99. The second kappa shape index (κ2) is 6.60. The Kier molecular flexibility index (Phi) is 4.78. The van der Waals surface area contributed by atoms with Gasteiger partial charge in [0.2, 0.25) is 0 Å². The quantitative estimate of drug-likeness (QED) is 0.857. The molecule has 2 rings (SSSR count). The minimum absolute atomic E-state index is 0.315. The van der Waals surface area contributed by atoms with Gasteiger partial charge >= 0.3 is 12.0 Å². The summed E-state index contributed by atoms with van der Waals surface area (Å²) in [5, 5.41) is 2.80. The number of carbonyl (C=O) groups excluding carboxylic acids is 2. The lowest BCUT2D eigenvalue weighted by Gasteiger charge is -2.33. The fraction of sp³-hybridized carbons (Fsp3) is 0.375. The molecule has 0 aliphatic carbocycles. The van der Waals surface area contributed by atoms with Gasteiger partial charge in [0, 0.05) is 18.3 Å². The third-order valence-corrected chi connectivity index (χ3v) is 3.91. The number of nitrogens with zero attached hydrogens (tertiary/aromatic N) is 1. The van der Waals surface area contributed by atoms with Crippen LogP contribution >= 0.6 is 0 Å². The van der Waals surface area contributed by atoms with Crippen LogP contribution in [-0.4, -0.2) is 45.3 Å². The Morgan fingerprint density at radius 3 is 2.48 bits per heavy atom. The SMILES string of the molecule is COC(=O)C1=C(C)N(C)C(=O)N[C@@H]1c1cc(OC)ccc1OC. The molecule has 1 atom stereocenters. The summed E-state index contributed by atoms with van der Waals surface area (Å²) >= 11 is 0. The van der Waals surface area contributed by atoms with E-state index in [-0.39, 0.29) is 6.03 Å². The van der Waals surface area contributed by atoms with Gasteiger partial charge in [0.15, 0.2) is 0 Å². The lowest BCUT2D eigenvalue weighted by atomic mass is 9.94. The van der Waals surface area contributed by atoms with Crippen LogP contribution < -0.4 is 14.8 Å². The molecule has 7 nitrogen and oxygen atoms in total. The zero-order valence-electron chi connectivity index (χ0n) is 13.8. The number of carbonyl (C=O) groups is 2. The highest BCUT2D eigenvalue weighted by Crippen LogP contribution is 2.37. The molecule has 0 aromatic heterocycles. The topological polar surface area (TPSA) is 77.1 Å². The highest BCUT2D eigenvalue weighted by Gasteiger charge is 2.36. The van der Waals surface area contributed by atoms with Crippen molar-refractivity contribution in [2.75, 3.05) is 28.4 Å². The Bertz CT molecular complexity index is 668. The first-order valence-corrected chi connectivity index (χ1v) is 6.99. The van der Waals surface area contributed by atoms with E-state index in [0.717, 1.165) is 0 Å². The van der Waals surface area contributed by atoms with E-state index in [9.17, 15) is 9.59 Å². The predicted molar refractivity (Wildman–Crippen MR) is 83.3 cm³/mol. The van der Waals surface area contributed by atoms with Crippen LogP contribution in [0.3, 0.4) is 0 Å². The predicted octanol–water partition coefficient (Wildman–Crippen LogP) is 1.85. The van der Waals surface area contributed by atoms with Crippen LogP contribution in [0.5, 0.6) is 11.5 Å². The van der Waals surface area contributed by atoms with E-state index in [1.807, 2.05) is 0 Å². The van der Waals surface area contributed by atoms with Gasteiger partial charge in [-0.2, -0.15) is 0 Å². The number of rotatable bonds is 4. The lowest BCUT2D eigenvalue weighted by molar-refractivity contribution is -0.136. The molecule has 0 radical (unpaired) electrons. The van der Waals surface area contributed by atoms with Gasteiger partial charge in [-0.1, -0.05) is 0 Å². The van der Waals surface area contributed by atoms with Crippen LogP contribution in [0.15, 0.2) is 29.5 Å². The monoisotopic (exact) mass is 320 g/mol. The second-order valence-corrected chi connectivity index (χ2v) is 5.04. The Hall–Kier alpha value is -2.70. The van der Waals surface area contributed by atoms with Crippen molar-refractivity contribution in [3.05, 3.63) is 35.0 Å². The molecule has 0 spiro atoms. The van der Waals surface area contributed by atoms with Crippen molar-refractivity contribution in [3.63, 3.8) is 0 Å². The van der Waals surface area contributed by atoms with Crippen LogP contribution in [0, 0.1) is 0 Å². The van der Waals surface area contributed by atoms with Crippen molar-refractivity contribution < 1.29 is 23.8 Å². The summed E-state index contributed by atoms with van der Waals surface area (Å²) in [5.74, 6) is 0.620. The molecule has 23 heavy (non-hydrogen) atoms. The van der Waals surface area contributed by atoms with E-state index < -0.39 is 12.0 Å². The van der Waals surface area contributed by atoms with E-state index in [0.29, 0.717) is 28.3 Å². The Labute approximate surface area is 134 Å². The van der Waals surface area contributed by atoms with Gasteiger partial charge in [-0.05, 0) is 25.1 Å². The van der Waals surface area contributed by atoms with E-state index in [4.69, 9.17) is 14.2 Å². The number of allylic oxidation sites excluding steroid dienone is 1. The summed E-state index contributed by atoms with van der Waals surface area (Å²) in [7, 11) is 5.96. The first-order chi connectivity index (χ1) is 10.9. The maximum atomic E-state index is 12.2. The fourth-order valence-electron chi connectivity index (χ4n) is 2.51. The highest BCUT2D eigenvalue weighted by molar-refractivity contribution is 5.95. The standard InChI is InChI=1S/C16H20N2O5/c1-9-13(15(19)23-5)14(17-16(20)18(9)2)11-8-10(21-3)6-7-12(11)22-4/h6-8,14H,1-5H3,(H,17,20)/t14-/m1/s1. The molecular weight excluding hydrogens is 300 g/mol. The second-order valence-electron chi connectivity index (χ2n) is 5.04. The molecule has 0 fully saturated rings. The van der Waals surface area contributed by atoms with Crippen molar-refractivity contribution in [1.82, 2.24) is 10.2 Å². The Morgan fingerprint density at radius 2 is 1.91 bits per heavy atom. The normalized spacial score (nSPS) is 17.7. The average molecular weight is 320 g/mol. The number of amides is 2. The first kappa shape index (κ1) is 16.7. The molecule has 1 aromatic carbocycles. The van der Waals surface area contributed by atoms with Gasteiger partial charge in [-0.3, -0.25) is 0 Å². The van der Waals surface area contributed by atoms with Crippen LogP contribution in [0.4, 0.5) is 4.79 Å². The molecule has 2 amide bonds. The van der Waals surface area contributed by atoms with Crippen LogP contribution in [0.2, 0.25) is 0 Å². The molecule has 1 aliphatic rings. The molecule has 1 N–H and O–H groups in total. The molecular formula is C16H20N2O5. The molecule has 1 aliphatic heterocycles. The van der Waals surface area contributed by atoms with Gasteiger partial charge in [0.1, 0.15) is 11.5 Å². The third-order valence-electron chi connectivity index (χ3n) is 3.91. The summed E-state index contributed by atoms with van der Waals surface area (Å²) in [5.41, 5.74) is 1.49. The van der Waals surface area contributed by atoms with Gasteiger partial charge in [-0.25, -0.2) is 9.59 Å². The van der Waals surface area contributed by atoms with E-state index in [2.05, 4.69) is 5.32 Å². The van der Waals surface area contributed by atoms with Gasteiger partial charge in [0.25, 0.3) is 0 Å². The van der Waals surface area contributed by atoms with Gasteiger partial charge in [0.05, 0.1) is 32.9 Å². The number of hydrogen-bond acceptors (Lipinski definition) is 5. The molecule has 0 saturated heterocycles. The molecule has 1 heterocycles. The van der Waals surface area contributed by atoms with Crippen molar-refractivity contribution in [3.8, 4) is 11.5 Å². The molecule has 0 saturated carbocycles. The van der Waals surface area contributed by atoms with Crippen LogP contribution in [0.1, 0.15) is 18.5 Å². The number of benzene rings is 1. The summed E-state index contributed by atoms with van der Waals surface area (Å²) in [6, 6.07) is 4.20. The summed E-state index contributed by atoms with van der Waals surface area (Å²) < 4.78 is 15.5. The van der Waals surface area contributed by atoms with Gasteiger partial charge in [-0.15, -0.1) is 0 Å². The Balaban J connectivity index is 2.64. The number of methoxy groups -OCH3 is 3. The summed E-state index contributed by atoms with van der Waals surface area (Å²) in [6.45, 7) is 1.70. The van der Waals surface area contributed by atoms with E-state index in [1.54, 1.807) is 39.3 Å². The number of esters is 1. The molecule has 7 heteroatoms. The maximum absolute atomic E-state index is 12.2. The highest BCUT2D eigenvalue weighted by atomic mass is 16.5. The fourth-order valence-corrected chi connectivity index (χ4v) is 2.51. The van der Waals surface area contributed by atoms with Crippen molar-refractivity contribution in [1.29, 1.82) is 0 Å². The largest absolute Gasteiger partial charge is 0.497 e. The number of urea groups is 1. The van der Waals surface area contributed by atoms with Gasteiger partial charge < -0.3 is 24.4 Å². The van der Waals surface area contributed by atoms with Crippen molar-refractivity contribution in [2.45, 2.75) is 13.0 Å². The number of nitrogens with one attached hydrogen (secondary N) is 1. The summed E-state index contributed by atoms with van der Waals surface area (Å²) in [4.78, 5) is 25.8. The number of hydrogen-bond donors (Lipinski definition) is 1. The lowest BCUT2D eigenvalue weighted by Crippen LogP contribution is -2.46. The Morgan fingerprint density at radius 1 is 1.22 bits per heavy atom. The average Bonchev–Trinajstić information content (AvgIpc) is 2.58. The van der Waals surface area contributed by atoms with Crippen molar-refractivity contribution >= 4 is 12.0 Å². The maximum Gasteiger partial charge on any atom is 0.337 e. The third kappa shape index (κ3) is 2.94. The molecule has 124 valence electrons. The molecule has 0 unspecified atom stereocenters. The van der Waals surface area contributed by atoms with Crippen LogP contribution in [0.25, 0.3) is 0 Å². The van der Waals surface area contributed by atoms with E-state index >= 15 is 0 Å². The molecule has 1 aromatic rings. The molecule has 0 bridgehead atoms. The van der Waals surface area contributed by atoms with Crippen molar-refractivity contribution in [2.24, 2.45) is 0 Å². The zero-order chi connectivity index (χ0) is 17.1.